The molecule has 2 aromatic rings. The van der Waals surface area contributed by atoms with Gasteiger partial charge in [-0.3, -0.25) is 4.99 Å². The van der Waals surface area contributed by atoms with Crippen LogP contribution in [0.5, 0.6) is 11.5 Å². The van der Waals surface area contributed by atoms with Crippen molar-refractivity contribution in [2.45, 2.75) is 6.42 Å². The molecular weight excluding hydrogens is 226 g/mol. The molecule has 2 N–H and O–H groups in total. The second kappa shape index (κ2) is 5.87. The maximum Gasteiger partial charge on any atom is 0.124 e. The van der Waals surface area contributed by atoms with Crippen LogP contribution in [0.1, 0.15) is 11.1 Å². The zero-order chi connectivity index (χ0) is 12.8. The van der Waals surface area contributed by atoms with Crippen molar-refractivity contribution in [1.29, 1.82) is 0 Å². The minimum absolute atomic E-state index is 0.226. The van der Waals surface area contributed by atoms with E-state index in [1.165, 1.54) is 0 Å². The molecule has 0 aliphatic rings. The van der Waals surface area contributed by atoms with Crippen LogP contribution >= 0.6 is 0 Å². The number of hydrogen-bond acceptors (Lipinski definition) is 3. The number of aromatic hydroxyl groups is 2. The van der Waals surface area contributed by atoms with Gasteiger partial charge in [0, 0.05) is 18.3 Å². The van der Waals surface area contributed by atoms with Crippen LogP contribution in [0.15, 0.2) is 53.5 Å². The Bertz CT molecular complexity index is 550. The Morgan fingerprint density at radius 2 is 1.56 bits per heavy atom. The number of hydrogen-bond donors (Lipinski definition) is 2. The van der Waals surface area contributed by atoms with Crippen LogP contribution in [0.25, 0.3) is 0 Å². The number of nitrogens with zero attached hydrogens (tertiary/aromatic N) is 1. The zero-order valence-corrected chi connectivity index (χ0v) is 9.95. The predicted molar refractivity (Wildman–Crippen MR) is 72.4 cm³/mol. The molecule has 0 spiro atoms. The van der Waals surface area contributed by atoms with Crippen LogP contribution in [0.4, 0.5) is 0 Å². The molecule has 0 amide bonds. The molecule has 2 rings (SSSR count). The van der Waals surface area contributed by atoms with Crippen molar-refractivity contribution in [2.24, 2.45) is 4.99 Å². The Hall–Kier alpha value is -2.29. The predicted octanol–water partition coefficient (Wildman–Crippen LogP) is 2.76. The summed E-state index contributed by atoms with van der Waals surface area (Å²) in [6.07, 6.45) is 2.33. The first-order valence-corrected chi connectivity index (χ1v) is 5.82. The number of aliphatic imine (C=N–C) groups is 1. The van der Waals surface area contributed by atoms with Crippen molar-refractivity contribution in [1.82, 2.24) is 0 Å². The Morgan fingerprint density at radius 3 is 2.28 bits per heavy atom. The minimum atomic E-state index is 0.226. The summed E-state index contributed by atoms with van der Waals surface area (Å²) >= 11 is 0. The first kappa shape index (κ1) is 12.2. The molecule has 0 saturated heterocycles. The highest BCUT2D eigenvalue weighted by molar-refractivity contribution is 5.83. The molecule has 0 saturated carbocycles. The first-order valence-electron chi connectivity index (χ1n) is 5.82. The Labute approximate surface area is 106 Å². The highest BCUT2D eigenvalue weighted by Gasteiger charge is 1.98. The molecule has 18 heavy (non-hydrogen) atoms. The fraction of sp³-hybridized carbons (Fsp3) is 0.133. The van der Waals surface area contributed by atoms with Gasteiger partial charge < -0.3 is 10.2 Å². The number of rotatable bonds is 4. The van der Waals surface area contributed by atoms with Crippen LogP contribution in [0.2, 0.25) is 0 Å². The lowest BCUT2D eigenvalue weighted by Crippen LogP contribution is -1.91. The van der Waals surface area contributed by atoms with Crippen molar-refractivity contribution in [3.63, 3.8) is 0 Å². The van der Waals surface area contributed by atoms with E-state index in [4.69, 9.17) is 0 Å². The van der Waals surface area contributed by atoms with Gasteiger partial charge >= 0.3 is 0 Å². The summed E-state index contributed by atoms with van der Waals surface area (Å²) in [5.74, 6) is 0.527. The van der Waals surface area contributed by atoms with Gasteiger partial charge in [0.25, 0.3) is 0 Å². The maximum atomic E-state index is 9.58. The number of benzene rings is 2. The summed E-state index contributed by atoms with van der Waals surface area (Å²) < 4.78 is 0. The fourth-order valence-corrected chi connectivity index (χ4v) is 1.67. The molecule has 0 unspecified atom stereocenters. The molecule has 2 aromatic carbocycles. The monoisotopic (exact) mass is 241 g/mol. The first-order chi connectivity index (χ1) is 8.77. The summed E-state index contributed by atoms with van der Waals surface area (Å²) in [7, 11) is 0. The number of phenols is 2. The van der Waals surface area contributed by atoms with E-state index < -0.39 is 0 Å². The van der Waals surface area contributed by atoms with Gasteiger partial charge in [0.1, 0.15) is 11.5 Å². The van der Waals surface area contributed by atoms with E-state index in [1.54, 1.807) is 36.5 Å². The molecule has 3 heteroatoms. The fourth-order valence-electron chi connectivity index (χ4n) is 1.67. The van der Waals surface area contributed by atoms with Crippen molar-refractivity contribution < 1.29 is 10.2 Å². The highest BCUT2D eigenvalue weighted by Crippen LogP contribution is 2.16. The van der Waals surface area contributed by atoms with E-state index in [1.807, 2.05) is 18.2 Å². The normalized spacial score (nSPS) is 10.9. The SMILES string of the molecule is Oc1ccccc1C=NCCc1ccccc1O. The quantitative estimate of drug-likeness (QED) is 0.809. The smallest absolute Gasteiger partial charge is 0.124 e. The Balaban J connectivity index is 1.93. The van der Waals surface area contributed by atoms with Gasteiger partial charge in [0.05, 0.1) is 0 Å². The second-order valence-corrected chi connectivity index (χ2v) is 3.97. The van der Waals surface area contributed by atoms with Gasteiger partial charge in [-0.15, -0.1) is 0 Å². The lowest BCUT2D eigenvalue weighted by molar-refractivity contribution is 0.468. The maximum absolute atomic E-state index is 9.58. The molecule has 0 aliphatic carbocycles. The van der Waals surface area contributed by atoms with Crippen LogP contribution in [0, 0.1) is 0 Å². The molecule has 0 aliphatic heterocycles. The lowest BCUT2D eigenvalue weighted by atomic mass is 10.1. The van der Waals surface area contributed by atoms with Crippen LogP contribution in [-0.4, -0.2) is 23.0 Å². The van der Waals surface area contributed by atoms with Gasteiger partial charge in [0.2, 0.25) is 0 Å². The van der Waals surface area contributed by atoms with E-state index in [0.717, 1.165) is 5.56 Å². The third-order valence-electron chi connectivity index (χ3n) is 2.67. The minimum Gasteiger partial charge on any atom is -0.508 e. The van der Waals surface area contributed by atoms with Crippen LogP contribution < -0.4 is 0 Å². The van der Waals surface area contributed by atoms with Gasteiger partial charge in [-0.25, -0.2) is 0 Å². The van der Waals surface area contributed by atoms with Crippen molar-refractivity contribution in [3.8, 4) is 11.5 Å². The molecular formula is C15H15NO2. The van der Waals surface area contributed by atoms with Gasteiger partial charge in [-0.05, 0) is 30.2 Å². The summed E-state index contributed by atoms with van der Waals surface area (Å²) in [5.41, 5.74) is 1.58. The van der Waals surface area contributed by atoms with E-state index in [9.17, 15) is 10.2 Å². The van der Waals surface area contributed by atoms with Crippen LogP contribution in [-0.2, 0) is 6.42 Å². The van der Waals surface area contributed by atoms with Crippen molar-refractivity contribution in [3.05, 3.63) is 59.7 Å². The van der Waals surface area contributed by atoms with Gasteiger partial charge in [0.15, 0.2) is 0 Å². The highest BCUT2D eigenvalue weighted by atomic mass is 16.3. The summed E-state index contributed by atoms with van der Waals surface area (Å²) in [5, 5.41) is 19.1. The zero-order valence-electron chi connectivity index (χ0n) is 9.95. The number of phenolic OH excluding ortho intramolecular Hbond substituents is 2. The Morgan fingerprint density at radius 1 is 0.889 bits per heavy atom. The molecule has 0 aromatic heterocycles. The van der Waals surface area contributed by atoms with E-state index >= 15 is 0 Å². The van der Waals surface area contributed by atoms with Crippen molar-refractivity contribution >= 4 is 6.21 Å². The van der Waals surface area contributed by atoms with Gasteiger partial charge in [-0.2, -0.15) is 0 Å². The van der Waals surface area contributed by atoms with E-state index in [0.29, 0.717) is 24.3 Å². The number of para-hydroxylation sites is 2. The average Bonchev–Trinajstić information content (AvgIpc) is 2.38. The standard InChI is InChI=1S/C15H15NO2/c17-14-7-3-1-5-12(14)9-10-16-11-13-6-2-4-8-15(13)18/h1-8,11,17-18H,9-10H2. The average molecular weight is 241 g/mol. The van der Waals surface area contributed by atoms with E-state index in [2.05, 4.69) is 4.99 Å². The summed E-state index contributed by atoms with van der Waals surface area (Å²) in [6, 6.07) is 14.3. The second-order valence-electron chi connectivity index (χ2n) is 3.97. The molecule has 3 nitrogen and oxygen atoms in total. The van der Waals surface area contributed by atoms with Crippen molar-refractivity contribution in [2.75, 3.05) is 6.54 Å². The third-order valence-corrected chi connectivity index (χ3v) is 2.67. The molecule has 0 heterocycles. The van der Waals surface area contributed by atoms with E-state index in [-0.39, 0.29) is 5.75 Å². The molecule has 0 radical (unpaired) electrons. The summed E-state index contributed by atoms with van der Waals surface area (Å²) in [6.45, 7) is 0.575. The summed E-state index contributed by atoms with van der Waals surface area (Å²) in [4.78, 5) is 4.24. The largest absolute Gasteiger partial charge is 0.508 e. The van der Waals surface area contributed by atoms with Crippen LogP contribution in [0.3, 0.4) is 0 Å². The topological polar surface area (TPSA) is 52.8 Å². The van der Waals surface area contributed by atoms with Gasteiger partial charge in [-0.1, -0.05) is 30.3 Å². The molecule has 0 bridgehead atoms. The third kappa shape index (κ3) is 3.10. The lowest BCUT2D eigenvalue weighted by Gasteiger charge is -2.01. The molecule has 0 atom stereocenters. The molecule has 92 valence electrons. The Kier molecular flexibility index (Phi) is 3.97. The molecule has 0 fully saturated rings.